The fourth-order valence-electron chi connectivity index (χ4n) is 3.15. The zero-order valence-electron chi connectivity index (χ0n) is 8.82. The topological polar surface area (TPSA) is 32.3 Å². The van der Waals surface area contributed by atoms with Crippen LogP contribution in [-0.4, -0.2) is 17.3 Å². The number of rotatable bonds is 1. The zero-order chi connectivity index (χ0) is 10.3. The first-order chi connectivity index (χ1) is 7.31. The molecule has 2 N–H and O–H groups in total. The van der Waals surface area contributed by atoms with Gasteiger partial charge in [-0.1, -0.05) is 30.3 Å². The Morgan fingerprint density at radius 3 is 2.73 bits per heavy atom. The van der Waals surface area contributed by atoms with Gasteiger partial charge in [0.1, 0.15) is 0 Å². The predicted molar refractivity (Wildman–Crippen MR) is 59.5 cm³/mol. The summed E-state index contributed by atoms with van der Waals surface area (Å²) < 4.78 is 0. The largest absolute Gasteiger partial charge is 0.391 e. The average molecular weight is 203 g/mol. The van der Waals surface area contributed by atoms with Crippen LogP contribution in [0.4, 0.5) is 0 Å². The van der Waals surface area contributed by atoms with Crippen LogP contribution in [-0.2, 0) is 5.54 Å². The molecule has 2 saturated heterocycles. The zero-order valence-corrected chi connectivity index (χ0v) is 8.82. The fraction of sp³-hybridized carbons (Fsp3) is 0.538. The van der Waals surface area contributed by atoms with Crippen LogP contribution in [0.15, 0.2) is 30.3 Å². The smallest absolute Gasteiger partial charge is 0.0764 e. The van der Waals surface area contributed by atoms with Crippen molar-refractivity contribution in [3.8, 4) is 0 Å². The van der Waals surface area contributed by atoms with E-state index in [4.69, 9.17) is 0 Å². The number of hydrogen-bond acceptors (Lipinski definition) is 2. The van der Waals surface area contributed by atoms with Gasteiger partial charge in [0, 0.05) is 6.04 Å². The molecule has 0 aliphatic carbocycles. The number of piperidine rings is 1. The number of hydrogen-bond donors (Lipinski definition) is 2. The summed E-state index contributed by atoms with van der Waals surface area (Å²) in [5, 5.41) is 13.9. The van der Waals surface area contributed by atoms with Gasteiger partial charge in [-0.15, -0.1) is 0 Å². The molecular formula is C13H17NO. The molecule has 2 bridgehead atoms. The Balaban J connectivity index is 2.02. The Morgan fingerprint density at radius 1 is 1.13 bits per heavy atom. The molecule has 2 aliphatic heterocycles. The number of nitrogens with one attached hydrogen (secondary N) is 1. The molecule has 0 saturated carbocycles. The Kier molecular flexibility index (Phi) is 2.08. The van der Waals surface area contributed by atoms with Crippen LogP contribution in [0.2, 0.25) is 0 Å². The van der Waals surface area contributed by atoms with E-state index in [2.05, 4.69) is 29.6 Å². The van der Waals surface area contributed by atoms with E-state index in [1.165, 1.54) is 12.0 Å². The lowest BCUT2D eigenvalue weighted by atomic mass is 9.81. The van der Waals surface area contributed by atoms with E-state index in [1.54, 1.807) is 0 Å². The second kappa shape index (κ2) is 3.32. The van der Waals surface area contributed by atoms with Crippen molar-refractivity contribution in [1.82, 2.24) is 5.32 Å². The normalized spacial score (nSPS) is 39.3. The SMILES string of the molecule is OC1CC[C@@H]2CCC1(c1ccccc1)N2. The van der Waals surface area contributed by atoms with Crippen molar-refractivity contribution in [3.63, 3.8) is 0 Å². The number of aliphatic hydroxyl groups is 1. The van der Waals surface area contributed by atoms with Crippen molar-refractivity contribution < 1.29 is 5.11 Å². The number of fused-ring (bicyclic) bond motifs is 2. The minimum absolute atomic E-state index is 0.149. The number of benzene rings is 1. The predicted octanol–water partition coefficient (Wildman–Crippen LogP) is 1.79. The molecule has 2 aliphatic rings. The molecule has 0 aromatic heterocycles. The lowest BCUT2D eigenvalue weighted by Crippen LogP contribution is -2.53. The van der Waals surface area contributed by atoms with Crippen molar-refractivity contribution in [2.75, 3.05) is 0 Å². The quantitative estimate of drug-likeness (QED) is 0.729. The highest BCUT2D eigenvalue weighted by Gasteiger charge is 2.48. The van der Waals surface area contributed by atoms with Crippen LogP contribution in [0.5, 0.6) is 0 Å². The molecule has 0 amide bonds. The Labute approximate surface area is 90.3 Å². The molecule has 0 spiro atoms. The van der Waals surface area contributed by atoms with Crippen LogP contribution in [0, 0.1) is 0 Å². The third-order valence-electron chi connectivity index (χ3n) is 4.00. The Hall–Kier alpha value is -0.860. The first kappa shape index (κ1) is 9.37. The van der Waals surface area contributed by atoms with Gasteiger partial charge in [-0.05, 0) is 31.2 Å². The molecule has 0 radical (unpaired) electrons. The van der Waals surface area contributed by atoms with Crippen molar-refractivity contribution in [1.29, 1.82) is 0 Å². The molecular weight excluding hydrogens is 186 g/mol. The number of aliphatic hydroxyl groups excluding tert-OH is 1. The molecule has 3 atom stereocenters. The van der Waals surface area contributed by atoms with Gasteiger partial charge in [0.25, 0.3) is 0 Å². The third-order valence-corrected chi connectivity index (χ3v) is 4.00. The summed E-state index contributed by atoms with van der Waals surface area (Å²) in [7, 11) is 0. The summed E-state index contributed by atoms with van der Waals surface area (Å²) in [6, 6.07) is 11.0. The molecule has 1 aromatic rings. The highest BCUT2D eigenvalue weighted by Crippen LogP contribution is 2.42. The van der Waals surface area contributed by atoms with Gasteiger partial charge in [0.15, 0.2) is 0 Å². The van der Waals surface area contributed by atoms with E-state index in [-0.39, 0.29) is 11.6 Å². The molecule has 80 valence electrons. The van der Waals surface area contributed by atoms with Gasteiger partial charge in [0.2, 0.25) is 0 Å². The van der Waals surface area contributed by atoms with Crippen molar-refractivity contribution in [2.24, 2.45) is 0 Å². The summed E-state index contributed by atoms with van der Waals surface area (Å²) >= 11 is 0. The summed E-state index contributed by atoms with van der Waals surface area (Å²) in [5.41, 5.74) is 1.10. The highest BCUT2D eigenvalue weighted by atomic mass is 16.3. The van der Waals surface area contributed by atoms with E-state index in [0.29, 0.717) is 6.04 Å². The highest BCUT2D eigenvalue weighted by molar-refractivity contribution is 5.29. The summed E-state index contributed by atoms with van der Waals surface area (Å²) in [6.45, 7) is 0. The summed E-state index contributed by atoms with van der Waals surface area (Å²) in [6.07, 6.45) is 4.11. The van der Waals surface area contributed by atoms with E-state index < -0.39 is 0 Å². The third kappa shape index (κ3) is 1.32. The van der Waals surface area contributed by atoms with Crippen LogP contribution < -0.4 is 5.32 Å². The Morgan fingerprint density at radius 2 is 1.93 bits per heavy atom. The molecule has 2 heteroatoms. The average Bonchev–Trinajstić information content (AvgIpc) is 2.66. The van der Waals surface area contributed by atoms with E-state index in [1.807, 2.05) is 6.07 Å². The first-order valence-corrected chi connectivity index (χ1v) is 5.82. The molecule has 2 fully saturated rings. The lowest BCUT2D eigenvalue weighted by molar-refractivity contribution is 0.0379. The second-order valence-electron chi connectivity index (χ2n) is 4.81. The standard InChI is InChI=1S/C13H17NO/c15-12-7-6-11-8-9-13(12,14-11)10-4-2-1-3-5-10/h1-5,11-12,14-15H,6-9H2/t11-,12?,13?/m1/s1. The molecule has 2 nitrogen and oxygen atoms in total. The molecule has 2 unspecified atom stereocenters. The molecule has 1 aromatic carbocycles. The van der Waals surface area contributed by atoms with Gasteiger partial charge in [0.05, 0.1) is 11.6 Å². The minimum Gasteiger partial charge on any atom is -0.391 e. The van der Waals surface area contributed by atoms with Gasteiger partial charge in [-0.25, -0.2) is 0 Å². The van der Waals surface area contributed by atoms with E-state index in [0.717, 1.165) is 19.3 Å². The van der Waals surface area contributed by atoms with Crippen LogP contribution >= 0.6 is 0 Å². The van der Waals surface area contributed by atoms with Crippen molar-refractivity contribution in [2.45, 2.75) is 43.4 Å². The fourth-order valence-corrected chi connectivity index (χ4v) is 3.15. The first-order valence-electron chi connectivity index (χ1n) is 5.82. The lowest BCUT2D eigenvalue weighted by Gasteiger charge is -2.39. The Bertz CT molecular complexity index is 351. The maximum absolute atomic E-state index is 10.2. The van der Waals surface area contributed by atoms with E-state index >= 15 is 0 Å². The maximum Gasteiger partial charge on any atom is 0.0764 e. The maximum atomic E-state index is 10.2. The van der Waals surface area contributed by atoms with Gasteiger partial charge >= 0.3 is 0 Å². The van der Waals surface area contributed by atoms with Crippen LogP contribution in [0.3, 0.4) is 0 Å². The molecule has 2 heterocycles. The van der Waals surface area contributed by atoms with Gasteiger partial charge in [-0.2, -0.15) is 0 Å². The van der Waals surface area contributed by atoms with Crippen LogP contribution in [0.1, 0.15) is 31.2 Å². The van der Waals surface area contributed by atoms with Crippen molar-refractivity contribution in [3.05, 3.63) is 35.9 Å². The monoisotopic (exact) mass is 203 g/mol. The van der Waals surface area contributed by atoms with Gasteiger partial charge in [-0.3, -0.25) is 0 Å². The minimum atomic E-state index is -0.223. The molecule has 3 rings (SSSR count). The summed E-state index contributed by atoms with van der Waals surface area (Å²) in [4.78, 5) is 0. The summed E-state index contributed by atoms with van der Waals surface area (Å²) in [5.74, 6) is 0. The second-order valence-corrected chi connectivity index (χ2v) is 4.81. The van der Waals surface area contributed by atoms with Crippen molar-refractivity contribution >= 4 is 0 Å². The molecule has 15 heavy (non-hydrogen) atoms. The van der Waals surface area contributed by atoms with E-state index in [9.17, 15) is 5.11 Å². The van der Waals surface area contributed by atoms with Crippen LogP contribution in [0.25, 0.3) is 0 Å². The van der Waals surface area contributed by atoms with Gasteiger partial charge < -0.3 is 10.4 Å².